The fourth-order valence-electron chi connectivity index (χ4n) is 1.58. The zero-order valence-corrected chi connectivity index (χ0v) is 12.1. The second-order valence-electron chi connectivity index (χ2n) is 4.44. The van der Waals surface area contributed by atoms with E-state index in [4.69, 9.17) is 21.1 Å². The van der Waals surface area contributed by atoms with Crippen LogP contribution < -0.4 is 10.1 Å². The molecule has 4 heteroatoms. The van der Waals surface area contributed by atoms with E-state index in [1.165, 1.54) is 0 Å². The minimum atomic E-state index is 0.508. The van der Waals surface area contributed by atoms with Gasteiger partial charge < -0.3 is 14.8 Å². The Morgan fingerprint density at radius 1 is 1.28 bits per heavy atom. The summed E-state index contributed by atoms with van der Waals surface area (Å²) in [6, 6.07) is 6.34. The van der Waals surface area contributed by atoms with Crippen molar-refractivity contribution in [1.82, 2.24) is 5.32 Å². The summed E-state index contributed by atoms with van der Waals surface area (Å²) in [5.41, 5.74) is 1.16. The van der Waals surface area contributed by atoms with E-state index in [9.17, 15) is 0 Å². The summed E-state index contributed by atoms with van der Waals surface area (Å²) in [6.07, 6.45) is 0.866. The fourth-order valence-corrected chi connectivity index (χ4v) is 1.86. The highest BCUT2D eigenvalue weighted by molar-refractivity contribution is 6.32. The van der Waals surface area contributed by atoms with Crippen LogP contribution in [-0.2, 0) is 11.2 Å². The van der Waals surface area contributed by atoms with Gasteiger partial charge in [0.2, 0.25) is 0 Å². The summed E-state index contributed by atoms with van der Waals surface area (Å²) in [4.78, 5) is 0. The molecule has 18 heavy (non-hydrogen) atoms. The van der Waals surface area contributed by atoms with E-state index in [1.807, 2.05) is 18.2 Å². The van der Waals surface area contributed by atoms with E-state index in [-0.39, 0.29) is 0 Å². The Balaban J connectivity index is 2.21. The number of hydrogen-bond acceptors (Lipinski definition) is 3. The molecule has 102 valence electrons. The first-order valence-corrected chi connectivity index (χ1v) is 6.65. The fraction of sp³-hybridized carbons (Fsp3) is 0.571. The maximum atomic E-state index is 6.05. The third kappa shape index (κ3) is 5.71. The molecular formula is C14H22ClNO2. The Labute approximate surface area is 114 Å². The highest BCUT2D eigenvalue weighted by Gasteiger charge is 2.01. The standard InChI is InChI=1S/C14H22ClNO2/c1-11(2)16-7-9-18-8-6-12-4-5-14(17-3)13(15)10-12/h4-5,10-11,16H,6-9H2,1-3H3. The van der Waals surface area contributed by atoms with Crippen molar-refractivity contribution < 1.29 is 9.47 Å². The molecule has 0 radical (unpaired) electrons. The molecule has 0 heterocycles. The summed E-state index contributed by atoms with van der Waals surface area (Å²) < 4.78 is 10.7. The van der Waals surface area contributed by atoms with Crippen molar-refractivity contribution in [3.8, 4) is 5.75 Å². The minimum Gasteiger partial charge on any atom is -0.495 e. The first-order valence-electron chi connectivity index (χ1n) is 6.27. The van der Waals surface area contributed by atoms with Crippen LogP contribution in [-0.4, -0.2) is 32.9 Å². The van der Waals surface area contributed by atoms with E-state index < -0.39 is 0 Å². The van der Waals surface area contributed by atoms with Gasteiger partial charge >= 0.3 is 0 Å². The molecule has 1 aromatic carbocycles. The second-order valence-corrected chi connectivity index (χ2v) is 4.85. The lowest BCUT2D eigenvalue weighted by molar-refractivity contribution is 0.137. The third-order valence-corrected chi connectivity index (χ3v) is 2.85. The highest BCUT2D eigenvalue weighted by Crippen LogP contribution is 2.24. The molecule has 0 aromatic heterocycles. The van der Waals surface area contributed by atoms with Crippen molar-refractivity contribution in [2.24, 2.45) is 0 Å². The number of halogens is 1. The molecule has 0 unspecified atom stereocenters. The zero-order valence-electron chi connectivity index (χ0n) is 11.3. The topological polar surface area (TPSA) is 30.5 Å². The first-order chi connectivity index (χ1) is 8.63. The van der Waals surface area contributed by atoms with E-state index in [2.05, 4.69) is 19.2 Å². The minimum absolute atomic E-state index is 0.508. The summed E-state index contributed by atoms with van der Waals surface area (Å²) in [7, 11) is 1.62. The molecule has 0 aliphatic rings. The van der Waals surface area contributed by atoms with E-state index in [0.29, 0.717) is 23.4 Å². The predicted molar refractivity (Wildman–Crippen MR) is 75.7 cm³/mol. The van der Waals surface area contributed by atoms with Gasteiger partial charge in [-0.05, 0) is 24.1 Å². The first kappa shape index (κ1) is 15.3. The van der Waals surface area contributed by atoms with Crippen LogP contribution >= 0.6 is 11.6 Å². The molecule has 0 bridgehead atoms. The number of rotatable bonds is 8. The number of methoxy groups -OCH3 is 1. The van der Waals surface area contributed by atoms with Crippen LogP contribution in [0.5, 0.6) is 5.75 Å². The molecule has 0 saturated heterocycles. The van der Waals surface area contributed by atoms with Gasteiger partial charge in [0, 0.05) is 12.6 Å². The Kier molecular flexibility index (Phi) is 7.09. The lowest BCUT2D eigenvalue weighted by atomic mass is 10.1. The van der Waals surface area contributed by atoms with Crippen LogP contribution in [0.4, 0.5) is 0 Å². The molecule has 0 spiro atoms. The Bertz CT molecular complexity index is 356. The zero-order chi connectivity index (χ0) is 13.4. The second kappa shape index (κ2) is 8.35. The van der Waals surface area contributed by atoms with Crippen LogP contribution in [0.1, 0.15) is 19.4 Å². The summed E-state index contributed by atoms with van der Waals surface area (Å²) in [5.74, 6) is 0.711. The molecule has 0 atom stereocenters. The molecule has 0 saturated carbocycles. The summed E-state index contributed by atoms with van der Waals surface area (Å²) in [6.45, 7) is 6.59. The average molecular weight is 272 g/mol. The van der Waals surface area contributed by atoms with Gasteiger partial charge in [-0.15, -0.1) is 0 Å². The Morgan fingerprint density at radius 3 is 2.67 bits per heavy atom. The maximum Gasteiger partial charge on any atom is 0.137 e. The SMILES string of the molecule is COc1ccc(CCOCCNC(C)C)cc1Cl. The van der Waals surface area contributed by atoms with Gasteiger partial charge in [-0.1, -0.05) is 31.5 Å². The monoisotopic (exact) mass is 271 g/mol. The van der Waals surface area contributed by atoms with Crippen molar-refractivity contribution in [2.45, 2.75) is 26.3 Å². The Hall–Kier alpha value is -0.770. The molecule has 0 amide bonds. The molecule has 1 N–H and O–H groups in total. The van der Waals surface area contributed by atoms with Crippen molar-refractivity contribution >= 4 is 11.6 Å². The van der Waals surface area contributed by atoms with Crippen LogP contribution in [0, 0.1) is 0 Å². The van der Waals surface area contributed by atoms with Gasteiger partial charge in [0.1, 0.15) is 5.75 Å². The molecule has 0 aliphatic carbocycles. The highest BCUT2D eigenvalue weighted by atomic mass is 35.5. The Morgan fingerprint density at radius 2 is 2.06 bits per heavy atom. The van der Waals surface area contributed by atoms with Crippen LogP contribution in [0.2, 0.25) is 5.02 Å². The van der Waals surface area contributed by atoms with Gasteiger partial charge in [-0.25, -0.2) is 0 Å². The third-order valence-electron chi connectivity index (χ3n) is 2.55. The van der Waals surface area contributed by atoms with Crippen molar-refractivity contribution in [3.63, 3.8) is 0 Å². The number of hydrogen-bond donors (Lipinski definition) is 1. The van der Waals surface area contributed by atoms with E-state index >= 15 is 0 Å². The van der Waals surface area contributed by atoms with E-state index in [0.717, 1.165) is 25.1 Å². The molecule has 0 aliphatic heterocycles. The molecule has 0 fully saturated rings. The number of nitrogens with one attached hydrogen (secondary N) is 1. The number of ether oxygens (including phenoxy) is 2. The normalized spacial score (nSPS) is 10.9. The van der Waals surface area contributed by atoms with Gasteiger partial charge in [-0.2, -0.15) is 0 Å². The summed E-state index contributed by atoms with van der Waals surface area (Å²) in [5, 5.41) is 3.96. The van der Waals surface area contributed by atoms with Gasteiger partial charge in [0.15, 0.2) is 0 Å². The molecular weight excluding hydrogens is 250 g/mol. The van der Waals surface area contributed by atoms with Crippen LogP contribution in [0.15, 0.2) is 18.2 Å². The van der Waals surface area contributed by atoms with Gasteiger partial charge in [0.05, 0.1) is 25.3 Å². The quantitative estimate of drug-likeness (QED) is 0.738. The number of benzene rings is 1. The largest absolute Gasteiger partial charge is 0.495 e. The van der Waals surface area contributed by atoms with Gasteiger partial charge in [0.25, 0.3) is 0 Å². The summed E-state index contributed by atoms with van der Waals surface area (Å²) >= 11 is 6.05. The smallest absolute Gasteiger partial charge is 0.137 e. The van der Waals surface area contributed by atoms with Crippen molar-refractivity contribution in [1.29, 1.82) is 0 Å². The molecule has 1 rings (SSSR count). The van der Waals surface area contributed by atoms with Crippen LogP contribution in [0.3, 0.4) is 0 Å². The molecule has 3 nitrogen and oxygen atoms in total. The average Bonchev–Trinajstić information content (AvgIpc) is 2.33. The molecule has 1 aromatic rings. The van der Waals surface area contributed by atoms with Crippen molar-refractivity contribution in [3.05, 3.63) is 28.8 Å². The lowest BCUT2D eigenvalue weighted by Crippen LogP contribution is -2.26. The van der Waals surface area contributed by atoms with Crippen molar-refractivity contribution in [2.75, 3.05) is 26.9 Å². The van der Waals surface area contributed by atoms with Crippen LogP contribution in [0.25, 0.3) is 0 Å². The lowest BCUT2D eigenvalue weighted by Gasteiger charge is -2.09. The van der Waals surface area contributed by atoms with Gasteiger partial charge in [-0.3, -0.25) is 0 Å². The van der Waals surface area contributed by atoms with E-state index in [1.54, 1.807) is 7.11 Å². The maximum absolute atomic E-state index is 6.05. The predicted octanol–water partition coefficient (Wildman–Crippen LogP) is 2.91.